The Kier molecular flexibility index (Phi) is 5.02. The minimum atomic E-state index is 0.0498. The van der Waals surface area contributed by atoms with Gasteiger partial charge in [-0.3, -0.25) is 4.79 Å². The predicted octanol–water partition coefficient (Wildman–Crippen LogP) is 3.90. The monoisotopic (exact) mass is 340 g/mol. The lowest BCUT2D eigenvalue weighted by atomic mass is 10.1. The summed E-state index contributed by atoms with van der Waals surface area (Å²) in [6, 6.07) is 16.4. The van der Waals surface area contributed by atoms with E-state index in [1.54, 1.807) is 18.2 Å². The van der Waals surface area contributed by atoms with Gasteiger partial charge in [0.2, 0.25) is 0 Å². The number of hydrogen-bond donors (Lipinski definition) is 0. The third-order valence-corrected chi connectivity index (χ3v) is 4.43. The molecule has 4 nitrogen and oxygen atoms in total. The van der Waals surface area contributed by atoms with Crippen molar-refractivity contribution in [1.82, 2.24) is 4.90 Å². The molecule has 0 aliphatic carbocycles. The predicted molar refractivity (Wildman–Crippen MR) is 92.2 cm³/mol. The van der Waals surface area contributed by atoms with E-state index in [4.69, 9.17) is 21.6 Å². The summed E-state index contributed by atoms with van der Waals surface area (Å²) >= 11 is 6.02. The summed E-state index contributed by atoms with van der Waals surface area (Å²) in [6.07, 6.45) is 1.60. The van der Waals surface area contributed by atoms with Gasteiger partial charge in [-0.05, 0) is 24.3 Å². The Morgan fingerprint density at radius 1 is 1.17 bits per heavy atom. The van der Waals surface area contributed by atoms with Crippen molar-refractivity contribution >= 4 is 17.5 Å². The van der Waals surface area contributed by atoms with Crippen LogP contribution < -0.4 is 4.74 Å². The first kappa shape index (κ1) is 16.4. The maximum atomic E-state index is 12.4. The Morgan fingerprint density at radius 2 is 1.88 bits per heavy atom. The quantitative estimate of drug-likeness (QED) is 0.851. The average Bonchev–Trinajstić information content (AvgIpc) is 2.63. The van der Waals surface area contributed by atoms with E-state index in [2.05, 4.69) is 0 Å². The molecule has 122 valence electrons. The minimum absolute atomic E-state index is 0.0498. The molecule has 1 saturated heterocycles. The minimum Gasteiger partial charge on any atom is -0.490 e. The van der Waals surface area contributed by atoms with Crippen LogP contribution in [0.25, 0.3) is 0 Å². The number of benzene rings is 2. The summed E-state index contributed by atoms with van der Waals surface area (Å²) in [7, 11) is 0. The number of carbonyl (C=O) groups is 1. The molecule has 0 bridgehead atoms. The fourth-order valence-electron chi connectivity index (χ4n) is 2.79. The zero-order valence-electron chi connectivity index (χ0n) is 13.1. The van der Waals surface area contributed by atoms with E-state index in [0.29, 0.717) is 29.4 Å². The number of halogens is 1. The molecule has 1 amide bonds. The summed E-state index contributed by atoms with van der Waals surface area (Å²) in [5, 5.41) is 9.29. The van der Waals surface area contributed by atoms with Crippen LogP contribution in [0.15, 0.2) is 48.5 Å². The molecule has 0 spiro atoms. The second kappa shape index (κ2) is 7.37. The van der Waals surface area contributed by atoms with Crippen LogP contribution >= 0.6 is 11.6 Å². The molecule has 0 aromatic heterocycles. The number of ether oxygens (including phenoxy) is 1. The van der Waals surface area contributed by atoms with Crippen LogP contribution in [0.2, 0.25) is 5.02 Å². The van der Waals surface area contributed by atoms with Crippen LogP contribution in [0.5, 0.6) is 5.75 Å². The van der Waals surface area contributed by atoms with E-state index >= 15 is 0 Å². The molecule has 2 aromatic carbocycles. The highest BCUT2D eigenvalue weighted by Crippen LogP contribution is 2.25. The first-order valence-corrected chi connectivity index (χ1v) is 8.26. The highest BCUT2D eigenvalue weighted by atomic mass is 35.5. The van der Waals surface area contributed by atoms with E-state index in [0.717, 1.165) is 18.4 Å². The van der Waals surface area contributed by atoms with E-state index in [9.17, 15) is 4.79 Å². The number of amides is 1. The fraction of sp³-hybridized carbons (Fsp3) is 0.263. The second-order valence-electron chi connectivity index (χ2n) is 5.73. The Morgan fingerprint density at radius 3 is 2.50 bits per heavy atom. The van der Waals surface area contributed by atoms with Gasteiger partial charge in [-0.25, -0.2) is 0 Å². The number of piperidine rings is 1. The maximum Gasteiger partial charge on any atom is 0.253 e. The molecule has 3 rings (SSSR count). The SMILES string of the molecule is N#Cc1ccc(OC2CCN(C(=O)c3ccccc3)CC2)cc1Cl. The van der Waals surface area contributed by atoms with Gasteiger partial charge in [0.15, 0.2) is 0 Å². The topological polar surface area (TPSA) is 53.3 Å². The van der Waals surface area contributed by atoms with Crippen LogP contribution in [0.1, 0.15) is 28.8 Å². The lowest BCUT2D eigenvalue weighted by Gasteiger charge is -2.32. The normalized spacial score (nSPS) is 14.9. The maximum absolute atomic E-state index is 12.4. The van der Waals surface area contributed by atoms with Crippen molar-refractivity contribution in [2.24, 2.45) is 0 Å². The zero-order valence-corrected chi connectivity index (χ0v) is 13.9. The molecule has 0 N–H and O–H groups in total. The first-order chi connectivity index (χ1) is 11.7. The third kappa shape index (κ3) is 3.69. The molecule has 0 atom stereocenters. The van der Waals surface area contributed by atoms with Crippen LogP contribution in [0, 0.1) is 11.3 Å². The van der Waals surface area contributed by atoms with Gasteiger partial charge in [0.1, 0.15) is 17.9 Å². The van der Waals surface area contributed by atoms with Gasteiger partial charge < -0.3 is 9.64 Å². The van der Waals surface area contributed by atoms with Crippen molar-refractivity contribution in [3.05, 3.63) is 64.7 Å². The average molecular weight is 341 g/mol. The van der Waals surface area contributed by atoms with Crippen LogP contribution in [-0.2, 0) is 0 Å². The highest BCUT2D eigenvalue weighted by molar-refractivity contribution is 6.31. The fourth-order valence-corrected chi connectivity index (χ4v) is 3.01. The van der Waals surface area contributed by atoms with Crippen molar-refractivity contribution in [1.29, 1.82) is 5.26 Å². The summed E-state index contributed by atoms with van der Waals surface area (Å²) in [4.78, 5) is 14.3. The summed E-state index contributed by atoms with van der Waals surface area (Å²) in [6.45, 7) is 1.34. The van der Waals surface area contributed by atoms with Crippen LogP contribution in [-0.4, -0.2) is 30.0 Å². The van der Waals surface area contributed by atoms with Crippen molar-refractivity contribution in [3.8, 4) is 11.8 Å². The Hall–Kier alpha value is -2.51. The van der Waals surface area contributed by atoms with Gasteiger partial charge in [0.05, 0.1) is 10.6 Å². The van der Waals surface area contributed by atoms with Crippen LogP contribution in [0.3, 0.4) is 0 Å². The number of hydrogen-bond acceptors (Lipinski definition) is 3. The summed E-state index contributed by atoms with van der Waals surface area (Å²) in [5.74, 6) is 0.724. The lowest BCUT2D eigenvalue weighted by Crippen LogP contribution is -2.41. The third-order valence-electron chi connectivity index (χ3n) is 4.11. The Bertz CT molecular complexity index is 763. The molecule has 5 heteroatoms. The molecule has 24 heavy (non-hydrogen) atoms. The summed E-state index contributed by atoms with van der Waals surface area (Å²) < 4.78 is 5.94. The van der Waals surface area contributed by atoms with Crippen molar-refractivity contribution in [3.63, 3.8) is 0 Å². The van der Waals surface area contributed by atoms with Crippen LogP contribution in [0.4, 0.5) is 0 Å². The van der Waals surface area contributed by atoms with Gasteiger partial charge in [-0.2, -0.15) is 5.26 Å². The van der Waals surface area contributed by atoms with Gasteiger partial charge in [-0.15, -0.1) is 0 Å². The van der Waals surface area contributed by atoms with Gasteiger partial charge >= 0.3 is 0 Å². The Balaban J connectivity index is 1.57. The van der Waals surface area contributed by atoms with Crippen molar-refractivity contribution < 1.29 is 9.53 Å². The second-order valence-corrected chi connectivity index (χ2v) is 6.14. The molecule has 1 heterocycles. The molecule has 0 saturated carbocycles. The Labute approximate surface area is 146 Å². The molecule has 0 radical (unpaired) electrons. The van der Waals surface area contributed by atoms with Gasteiger partial charge in [0.25, 0.3) is 5.91 Å². The van der Waals surface area contributed by atoms with Crippen molar-refractivity contribution in [2.45, 2.75) is 18.9 Å². The van der Waals surface area contributed by atoms with E-state index in [1.165, 1.54) is 0 Å². The number of likely N-dealkylation sites (tertiary alicyclic amines) is 1. The number of rotatable bonds is 3. The highest BCUT2D eigenvalue weighted by Gasteiger charge is 2.24. The van der Waals surface area contributed by atoms with E-state index < -0.39 is 0 Å². The molecule has 2 aromatic rings. The summed E-state index contributed by atoms with van der Waals surface area (Å²) in [5.41, 5.74) is 1.16. The number of nitrogens with zero attached hydrogens (tertiary/aromatic N) is 2. The molecular weight excluding hydrogens is 324 g/mol. The lowest BCUT2D eigenvalue weighted by molar-refractivity contribution is 0.0595. The smallest absolute Gasteiger partial charge is 0.253 e. The molecule has 1 aliphatic heterocycles. The number of carbonyl (C=O) groups excluding carboxylic acids is 1. The van der Waals surface area contributed by atoms with E-state index in [1.807, 2.05) is 41.3 Å². The molecule has 1 aliphatic rings. The standard InChI is InChI=1S/C19H17ClN2O2/c20-18-12-17(7-6-15(18)13-21)24-16-8-10-22(11-9-16)19(23)14-4-2-1-3-5-14/h1-7,12,16H,8-11H2. The largest absolute Gasteiger partial charge is 0.490 e. The first-order valence-electron chi connectivity index (χ1n) is 7.88. The molecule has 0 unspecified atom stereocenters. The van der Waals surface area contributed by atoms with E-state index in [-0.39, 0.29) is 12.0 Å². The molecular formula is C19H17ClN2O2. The van der Waals surface area contributed by atoms with Crippen molar-refractivity contribution in [2.75, 3.05) is 13.1 Å². The number of nitriles is 1. The van der Waals surface area contributed by atoms with Gasteiger partial charge in [0, 0.05) is 37.6 Å². The zero-order chi connectivity index (χ0) is 16.9. The van der Waals surface area contributed by atoms with Gasteiger partial charge in [-0.1, -0.05) is 29.8 Å². The molecule has 1 fully saturated rings.